The highest BCUT2D eigenvalue weighted by Crippen LogP contribution is 2.31. The van der Waals surface area contributed by atoms with E-state index in [-0.39, 0.29) is 11.9 Å². The molecular weight excluding hydrogens is 408 g/mol. The Morgan fingerprint density at radius 3 is 2.28 bits per heavy atom. The van der Waals surface area contributed by atoms with Gasteiger partial charge in [0, 0.05) is 34.6 Å². The molecule has 2 aromatic carbocycles. The molecule has 2 fully saturated rings. The molecule has 0 radical (unpaired) electrons. The van der Waals surface area contributed by atoms with Crippen LogP contribution in [0.5, 0.6) is 0 Å². The van der Waals surface area contributed by atoms with Crippen molar-refractivity contribution in [3.63, 3.8) is 0 Å². The molecule has 4 rings (SSSR count). The van der Waals surface area contributed by atoms with Crippen molar-refractivity contribution in [3.05, 3.63) is 75.7 Å². The van der Waals surface area contributed by atoms with Crippen LogP contribution in [0.4, 0.5) is 0 Å². The maximum atomic E-state index is 12.9. The Hall–Kier alpha value is -2.15. The van der Waals surface area contributed by atoms with Crippen LogP contribution in [0.2, 0.25) is 5.02 Å². The quantitative estimate of drug-likeness (QED) is 0.682. The van der Waals surface area contributed by atoms with Crippen LogP contribution in [-0.2, 0) is 16.6 Å². The Kier molecular flexibility index (Phi) is 5.76. The fourth-order valence-corrected chi connectivity index (χ4v) is 4.61. The molecule has 2 saturated carbocycles. The van der Waals surface area contributed by atoms with Gasteiger partial charge in [0.25, 0.3) is 5.91 Å². The molecule has 0 atom stereocenters. The summed E-state index contributed by atoms with van der Waals surface area (Å²) in [4.78, 5) is 12.1. The first-order chi connectivity index (χ1) is 13.9. The van der Waals surface area contributed by atoms with E-state index in [4.69, 9.17) is 11.6 Å². The average molecular weight is 431 g/mol. The minimum absolute atomic E-state index is 0.0349. The van der Waals surface area contributed by atoms with Crippen LogP contribution in [0.15, 0.2) is 53.9 Å². The second-order valence-corrected chi connectivity index (χ2v) is 9.83. The van der Waals surface area contributed by atoms with Crippen LogP contribution in [0.3, 0.4) is 0 Å². The zero-order chi connectivity index (χ0) is 20.4. The number of carbonyl (C=O) groups is 1. The number of hydrogen-bond donors (Lipinski definition) is 1. The van der Waals surface area contributed by atoms with Crippen molar-refractivity contribution in [2.45, 2.75) is 44.3 Å². The van der Waals surface area contributed by atoms with Gasteiger partial charge in [-0.1, -0.05) is 35.9 Å². The molecule has 1 N–H and O–H groups in total. The summed E-state index contributed by atoms with van der Waals surface area (Å²) in [5, 5.41) is 4.82. The van der Waals surface area contributed by atoms with Gasteiger partial charge in [0.15, 0.2) is 0 Å². The van der Waals surface area contributed by atoms with Gasteiger partial charge < -0.3 is 5.32 Å². The Morgan fingerprint density at radius 2 is 1.69 bits per heavy atom. The molecule has 1 amide bonds. The minimum atomic E-state index is -3.56. The van der Waals surface area contributed by atoms with Crippen molar-refractivity contribution in [1.29, 1.82) is 0 Å². The van der Waals surface area contributed by atoms with E-state index in [1.165, 1.54) is 5.41 Å². The first-order valence-corrected chi connectivity index (χ1v) is 11.6. The van der Waals surface area contributed by atoms with Crippen molar-refractivity contribution < 1.29 is 13.2 Å². The Bertz CT molecular complexity index is 1010. The van der Waals surface area contributed by atoms with Crippen LogP contribution < -0.4 is 5.32 Å². The van der Waals surface area contributed by atoms with Crippen molar-refractivity contribution in [3.8, 4) is 0 Å². The summed E-state index contributed by atoms with van der Waals surface area (Å²) in [7, 11) is -3.56. The number of sulfonamides is 1. The van der Waals surface area contributed by atoms with E-state index in [0.29, 0.717) is 23.2 Å². The fourth-order valence-electron chi connectivity index (χ4n) is 3.04. The zero-order valence-electron chi connectivity index (χ0n) is 15.9. The van der Waals surface area contributed by atoms with E-state index in [1.807, 2.05) is 12.1 Å². The number of carbonyl (C=O) groups excluding carboxylic acids is 1. The molecule has 2 aliphatic rings. The lowest BCUT2D eigenvalue weighted by molar-refractivity contribution is 0.0951. The van der Waals surface area contributed by atoms with E-state index in [1.54, 1.807) is 46.8 Å². The molecule has 0 aliphatic heterocycles. The van der Waals surface area contributed by atoms with Gasteiger partial charge in [0.1, 0.15) is 0 Å². The normalized spacial score (nSPS) is 17.0. The van der Waals surface area contributed by atoms with Crippen molar-refractivity contribution in [2.24, 2.45) is 0 Å². The maximum Gasteiger partial charge on any atom is 0.251 e. The third-order valence-corrected chi connectivity index (χ3v) is 6.86. The van der Waals surface area contributed by atoms with Crippen LogP contribution >= 0.6 is 11.6 Å². The van der Waals surface area contributed by atoms with Gasteiger partial charge in [0.2, 0.25) is 10.0 Å². The molecule has 5 nitrogen and oxygen atoms in total. The van der Waals surface area contributed by atoms with Gasteiger partial charge in [-0.05, 0) is 67.2 Å². The summed E-state index contributed by atoms with van der Waals surface area (Å²) in [6.45, 7) is 0.294. The topological polar surface area (TPSA) is 66.5 Å². The molecule has 0 heterocycles. The van der Waals surface area contributed by atoms with E-state index in [2.05, 4.69) is 5.32 Å². The summed E-state index contributed by atoms with van der Waals surface area (Å²) >= 11 is 5.88. The standard InChI is InChI=1S/C22H23ClN2O3S/c23-19-7-3-16(4-8-19)13-14-29(27,28)25(21-11-12-21)15-17-1-5-18(6-2-17)22(26)24-20-9-10-20/h1-8,13-14,20-21H,9-12,15H2,(H,24,26)/b14-13+. The lowest BCUT2D eigenvalue weighted by Gasteiger charge is -2.20. The molecule has 0 unspecified atom stereocenters. The maximum absolute atomic E-state index is 12.9. The van der Waals surface area contributed by atoms with E-state index in [0.717, 1.165) is 36.8 Å². The molecule has 2 aliphatic carbocycles. The highest BCUT2D eigenvalue weighted by Gasteiger charge is 2.36. The molecular formula is C22H23ClN2O3S. The third kappa shape index (κ3) is 5.47. The van der Waals surface area contributed by atoms with Gasteiger partial charge >= 0.3 is 0 Å². The van der Waals surface area contributed by atoms with Gasteiger partial charge in [0.05, 0.1) is 0 Å². The molecule has 0 bridgehead atoms. The minimum Gasteiger partial charge on any atom is -0.349 e. The summed E-state index contributed by atoms with van der Waals surface area (Å²) in [5.41, 5.74) is 2.24. The molecule has 2 aromatic rings. The fraction of sp³-hybridized carbons (Fsp3) is 0.318. The van der Waals surface area contributed by atoms with E-state index >= 15 is 0 Å². The van der Waals surface area contributed by atoms with Crippen LogP contribution in [-0.4, -0.2) is 30.7 Å². The van der Waals surface area contributed by atoms with Gasteiger partial charge in [-0.2, -0.15) is 4.31 Å². The first-order valence-electron chi connectivity index (χ1n) is 9.76. The van der Waals surface area contributed by atoms with Crippen LogP contribution in [0.25, 0.3) is 6.08 Å². The summed E-state index contributed by atoms with van der Waals surface area (Å²) in [6, 6.07) is 14.5. The predicted molar refractivity (Wildman–Crippen MR) is 115 cm³/mol. The molecule has 7 heteroatoms. The lowest BCUT2D eigenvalue weighted by atomic mass is 10.1. The molecule has 152 valence electrons. The van der Waals surface area contributed by atoms with Crippen LogP contribution in [0.1, 0.15) is 47.2 Å². The second kappa shape index (κ2) is 8.30. The Morgan fingerprint density at radius 1 is 1.03 bits per heavy atom. The summed E-state index contributed by atoms with van der Waals surface area (Å²) < 4.78 is 27.4. The molecule has 29 heavy (non-hydrogen) atoms. The Balaban J connectivity index is 1.45. The summed E-state index contributed by atoms with van der Waals surface area (Å²) in [6.07, 6.45) is 5.42. The predicted octanol–water partition coefficient (Wildman–Crippen LogP) is 4.20. The Labute approximate surface area is 176 Å². The number of halogens is 1. The van der Waals surface area contributed by atoms with E-state index in [9.17, 15) is 13.2 Å². The lowest BCUT2D eigenvalue weighted by Crippen LogP contribution is -2.31. The third-order valence-electron chi connectivity index (χ3n) is 5.05. The second-order valence-electron chi connectivity index (χ2n) is 7.62. The first kappa shape index (κ1) is 20.1. The van der Waals surface area contributed by atoms with Gasteiger partial charge in [-0.25, -0.2) is 8.42 Å². The van der Waals surface area contributed by atoms with Gasteiger partial charge in [-0.3, -0.25) is 4.79 Å². The van der Waals surface area contributed by atoms with Crippen molar-refractivity contribution in [2.75, 3.05) is 0 Å². The van der Waals surface area contributed by atoms with Crippen molar-refractivity contribution >= 4 is 33.6 Å². The van der Waals surface area contributed by atoms with Crippen molar-refractivity contribution in [1.82, 2.24) is 9.62 Å². The van der Waals surface area contributed by atoms with Crippen LogP contribution in [0, 0.1) is 0 Å². The molecule has 0 aromatic heterocycles. The van der Waals surface area contributed by atoms with Gasteiger partial charge in [-0.15, -0.1) is 0 Å². The zero-order valence-corrected chi connectivity index (χ0v) is 17.5. The SMILES string of the molecule is O=C(NC1CC1)c1ccc(CN(C2CC2)S(=O)(=O)/C=C/c2ccc(Cl)cc2)cc1. The number of amides is 1. The summed E-state index contributed by atoms with van der Waals surface area (Å²) in [5.74, 6) is -0.0726. The monoisotopic (exact) mass is 430 g/mol. The largest absolute Gasteiger partial charge is 0.349 e. The smallest absolute Gasteiger partial charge is 0.251 e. The highest BCUT2D eigenvalue weighted by atomic mass is 35.5. The molecule has 0 spiro atoms. The number of benzene rings is 2. The number of nitrogens with zero attached hydrogens (tertiary/aromatic N) is 1. The number of hydrogen-bond acceptors (Lipinski definition) is 3. The average Bonchev–Trinajstić information content (AvgIpc) is 3.61. The molecule has 0 saturated heterocycles. The number of rotatable bonds is 8. The number of nitrogens with one attached hydrogen (secondary N) is 1. The highest BCUT2D eigenvalue weighted by molar-refractivity contribution is 7.92. The van der Waals surface area contributed by atoms with E-state index < -0.39 is 10.0 Å².